The molecule has 2 aromatic rings. The molecule has 0 heterocycles. The van der Waals surface area contributed by atoms with Gasteiger partial charge in [0.05, 0.1) is 4.90 Å². The highest BCUT2D eigenvalue weighted by atomic mass is 35.5. The molecule has 0 fully saturated rings. The second kappa shape index (κ2) is 8.59. The van der Waals surface area contributed by atoms with Crippen LogP contribution in [0.1, 0.15) is 24.2 Å². The molecule has 0 aliphatic rings. The molecular formula is C17H18ClN3O3S2. The van der Waals surface area contributed by atoms with Crippen LogP contribution in [0.5, 0.6) is 0 Å². The number of hydrogen-bond donors (Lipinski definition) is 3. The van der Waals surface area contributed by atoms with Crippen LogP contribution in [0.25, 0.3) is 0 Å². The average Bonchev–Trinajstić information content (AvgIpc) is 2.54. The van der Waals surface area contributed by atoms with Gasteiger partial charge in [0.25, 0.3) is 5.91 Å². The van der Waals surface area contributed by atoms with E-state index in [1.54, 1.807) is 44.2 Å². The first kappa shape index (κ1) is 20.3. The summed E-state index contributed by atoms with van der Waals surface area (Å²) >= 11 is 11.0. The maximum atomic E-state index is 12.1. The molecule has 0 aliphatic heterocycles. The number of sulfonamides is 1. The molecule has 0 radical (unpaired) electrons. The molecule has 0 aliphatic carbocycles. The Morgan fingerprint density at radius 2 is 1.77 bits per heavy atom. The van der Waals surface area contributed by atoms with Crippen molar-refractivity contribution in [2.24, 2.45) is 0 Å². The van der Waals surface area contributed by atoms with Gasteiger partial charge < -0.3 is 5.32 Å². The van der Waals surface area contributed by atoms with Crippen molar-refractivity contribution in [1.82, 2.24) is 10.0 Å². The third-order valence-electron chi connectivity index (χ3n) is 3.13. The molecule has 0 atom stereocenters. The Hall–Kier alpha value is -2.00. The molecule has 9 heteroatoms. The Morgan fingerprint density at radius 3 is 2.35 bits per heavy atom. The van der Waals surface area contributed by atoms with Crippen LogP contribution in [-0.2, 0) is 10.0 Å². The lowest BCUT2D eigenvalue weighted by atomic mass is 10.2. The largest absolute Gasteiger partial charge is 0.332 e. The van der Waals surface area contributed by atoms with Crippen LogP contribution in [0, 0.1) is 0 Å². The Balaban J connectivity index is 2.00. The lowest BCUT2D eigenvalue weighted by Crippen LogP contribution is -2.34. The molecule has 0 unspecified atom stereocenters. The monoisotopic (exact) mass is 411 g/mol. The van der Waals surface area contributed by atoms with Crippen LogP contribution < -0.4 is 15.4 Å². The normalized spacial score (nSPS) is 11.2. The van der Waals surface area contributed by atoms with Crippen LogP contribution >= 0.6 is 23.8 Å². The van der Waals surface area contributed by atoms with Crippen molar-refractivity contribution in [3.63, 3.8) is 0 Å². The van der Waals surface area contributed by atoms with Crippen molar-refractivity contribution < 1.29 is 13.2 Å². The van der Waals surface area contributed by atoms with Gasteiger partial charge in [-0.25, -0.2) is 13.1 Å². The fourth-order valence-electron chi connectivity index (χ4n) is 2.06. The summed E-state index contributed by atoms with van der Waals surface area (Å²) in [6.07, 6.45) is 0. The quantitative estimate of drug-likeness (QED) is 0.658. The number of halogens is 1. The number of carbonyl (C=O) groups excluding carboxylic acids is 1. The van der Waals surface area contributed by atoms with Crippen LogP contribution in [0.3, 0.4) is 0 Å². The first-order valence-corrected chi connectivity index (χ1v) is 9.94. The number of carbonyl (C=O) groups is 1. The molecule has 1 amide bonds. The van der Waals surface area contributed by atoms with E-state index in [4.69, 9.17) is 23.8 Å². The fraction of sp³-hybridized carbons (Fsp3) is 0.176. The Labute approximate surface area is 163 Å². The minimum absolute atomic E-state index is 0.0888. The highest BCUT2D eigenvalue weighted by molar-refractivity contribution is 7.89. The molecular weight excluding hydrogens is 394 g/mol. The minimum atomic E-state index is -3.56. The summed E-state index contributed by atoms with van der Waals surface area (Å²) in [6.45, 7) is 3.49. The lowest BCUT2D eigenvalue weighted by molar-refractivity contribution is 0.0977. The first-order valence-electron chi connectivity index (χ1n) is 7.67. The third kappa shape index (κ3) is 5.77. The van der Waals surface area contributed by atoms with Gasteiger partial charge in [-0.15, -0.1) is 0 Å². The van der Waals surface area contributed by atoms with Gasteiger partial charge in [0.15, 0.2) is 5.11 Å². The van der Waals surface area contributed by atoms with Crippen molar-refractivity contribution in [3.05, 3.63) is 59.1 Å². The van der Waals surface area contributed by atoms with E-state index in [0.29, 0.717) is 16.3 Å². The molecule has 26 heavy (non-hydrogen) atoms. The van der Waals surface area contributed by atoms with E-state index in [1.165, 1.54) is 18.2 Å². The number of benzene rings is 2. The molecule has 0 saturated heterocycles. The van der Waals surface area contributed by atoms with E-state index < -0.39 is 15.9 Å². The van der Waals surface area contributed by atoms with E-state index in [2.05, 4.69) is 15.4 Å². The maximum absolute atomic E-state index is 12.1. The van der Waals surface area contributed by atoms with E-state index in [9.17, 15) is 13.2 Å². The average molecular weight is 412 g/mol. The zero-order valence-electron chi connectivity index (χ0n) is 14.1. The molecule has 0 bridgehead atoms. The van der Waals surface area contributed by atoms with Gasteiger partial charge in [-0.2, -0.15) is 0 Å². The van der Waals surface area contributed by atoms with Crippen molar-refractivity contribution in [2.45, 2.75) is 24.8 Å². The van der Waals surface area contributed by atoms with Gasteiger partial charge in [-0.3, -0.25) is 10.1 Å². The molecule has 2 rings (SSSR count). The SMILES string of the molecule is CC(C)NS(=O)(=O)c1ccc(NC(=S)NC(=O)c2cccc(Cl)c2)cc1. The van der Waals surface area contributed by atoms with E-state index in [-0.39, 0.29) is 16.0 Å². The predicted octanol–water partition coefficient (Wildman–Crippen LogP) is 3.15. The molecule has 138 valence electrons. The number of hydrogen-bond acceptors (Lipinski definition) is 4. The van der Waals surface area contributed by atoms with Gasteiger partial charge in [0.1, 0.15) is 0 Å². The van der Waals surface area contributed by atoms with Crippen LogP contribution in [0.15, 0.2) is 53.4 Å². The number of anilines is 1. The molecule has 0 saturated carbocycles. The zero-order valence-corrected chi connectivity index (χ0v) is 16.5. The summed E-state index contributed by atoms with van der Waals surface area (Å²) < 4.78 is 26.7. The Kier molecular flexibility index (Phi) is 6.71. The Morgan fingerprint density at radius 1 is 1.12 bits per heavy atom. The van der Waals surface area contributed by atoms with E-state index in [0.717, 1.165) is 0 Å². The summed E-state index contributed by atoms with van der Waals surface area (Å²) in [6, 6.07) is 12.3. The number of amides is 1. The zero-order chi connectivity index (χ0) is 19.3. The summed E-state index contributed by atoms with van der Waals surface area (Å²) in [7, 11) is -3.56. The highest BCUT2D eigenvalue weighted by Crippen LogP contribution is 2.15. The topological polar surface area (TPSA) is 87.3 Å². The van der Waals surface area contributed by atoms with Crippen LogP contribution in [0.4, 0.5) is 5.69 Å². The van der Waals surface area contributed by atoms with E-state index in [1.807, 2.05) is 0 Å². The number of thiocarbonyl (C=S) groups is 1. The number of nitrogens with one attached hydrogen (secondary N) is 3. The fourth-order valence-corrected chi connectivity index (χ4v) is 3.72. The number of rotatable bonds is 5. The third-order valence-corrected chi connectivity index (χ3v) is 5.24. The standard InChI is InChI=1S/C17H18ClN3O3S2/c1-11(2)21-26(23,24)15-8-6-14(7-9-15)19-17(25)20-16(22)12-4-3-5-13(18)10-12/h3-11,21H,1-2H3,(H2,19,20,22,25). The second-order valence-electron chi connectivity index (χ2n) is 5.72. The van der Waals surface area contributed by atoms with Crippen LogP contribution in [-0.4, -0.2) is 25.5 Å². The summed E-state index contributed by atoms with van der Waals surface area (Å²) in [5.74, 6) is -0.398. The first-order chi connectivity index (χ1) is 12.2. The van der Waals surface area contributed by atoms with Crippen molar-refractivity contribution in [1.29, 1.82) is 0 Å². The van der Waals surface area contributed by atoms with Gasteiger partial charge in [-0.05, 0) is 68.5 Å². The van der Waals surface area contributed by atoms with E-state index >= 15 is 0 Å². The van der Waals surface area contributed by atoms with Crippen LogP contribution in [0.2, 0.25) is 5.02 Å². The smallest absolute Gasteiger partial charge is 0.257 e. The summed E-state index contributed by atoms with van der Waals surface area (Å²) in [4.78, 5) is 12.2. The Bertz CT molecular complexity index is 913. The maximum Gasteiger partial charge on any atom is 0.257 e. The van der Waals surface area contributed by atoms with Gasteiger partial charge in [0, 0.05) is 22.3 Å². The lowest BCUT2D eigenvalue weighted by Gasteiger charge is -2.12. The summed E-state index contributed by atoms with van der Waals surface area (Å²) in [5.41, 5.74) is 0.924. The van der Waals surface area contributed by atoms with Gasteiger partial charge in [-0.1, -0.05) is 17.7 Å². The predicted molar refractivity (Wildman–Crippen MR) is 107 cm³/mol. The minimum Gasteiger partial charge on any atom is -0.332 e. The summed E-state index contributed by atoms with van der Waals surface area (Å²) in [5, 5.41) is 5.90. The van der Waals surface area contributed by atoms with Gasteiger partial charge >= 0.3 is 0 Å². The molecule has 0 spiro atoms. The molecule has 3 N–H and O–H groups in total. The molecule has 0 aromatic heterocycles. The van der Waals surface area contributed by atoms with Gasteiger partial charge in [0.2, 0.25) is 10.0 Å². The second-order valence-corrected chi connectivity index (χ2v) is 8.28. The highest BCUT2D eigenvalue weighted by Gasteiger charge is 2.15. The van der Waals surface area contributed by atoms with Crippen molar-refractivity contribution in [2.75, 3.05) is 5.32 Å². The van der Waals surface area contributed by atoms with Crippen molar-refractivity contribution >= 4 is 50.5 Å². The van der Waals surface area contributed by atoms with Crippen molar-refractivity contribution in [3.8, 4) is 0 Å². The molecule has 2 aromatic carbocycles. The molecule has 6 nitrogen and oxygen atoms in total.